The average molecular weight is 379 g/mol. The van der Waals surface area contributed by atoms with E-state index < -0.39 is 0 Å². The van der Waals surface area contributed by atoms with Crippen LogP contribution in [0.5, 0.6) is 11.5 Å². The second-order valence-electron chi connectivity index (χ2n) is 7.29. The van der Waals surface area contributed by atoms with Crippen molar-refractivity contribution in [1.29, 1.82) is 0 Å². The van der Waals surface area contributed by atoms with Gasteiger partial charge in [-0.25, -0.2) is 0 Å². The number of hydrogen-bond donors (Lipinski definition) is 1. The summed E-state index contributed by atoms with van der Waals surface area (Å²) < 4.78 is 17.2. The van der Waals surface area contributed by atoms with Gasteiger partial charge in [0.2, 0.25) is 11.8 Å². The standard InChI is InChI=1S/C21H21N3O4/c1-13-23-24-20(27-13)15-8-4-5-9-16(15)22-18(25)12-26-17-10-6-7-14-11-21(2,3)28-19(14)17/h4-10H,11-12H2,1-3H3,(H,22,25). The molecular formula is C21H21N3O4. The summed E-state index contributed by atoms with van der Waals surface area (Å²) in [6.45, 7) is 5.63. The Balaban J connectivity index is 1.45. The predicted octanol–water partition coefficient (Wildman–Crippen LogP) is 3.78. The molecule has 1 aliphatic heterocycles. The van der Waals surface area contributed by atoms with Crippen LogP contribution in [-0.4, -0.2) is 28.3 Å². The summed E-state index contributed by atoms with van der Waals surface area (Å²) in [6, 6.07) is 13.0. The van der Waals surface area contributed by atoms with Crippen molar-refractivity contribution in [2.75, 3.05) is 11.9 Å². The summed E-state index contributed by atoms with van der Waals surface area (Å²) in [7, 11) is 0. The first kappa shape index (κ1) is 18.0. The van der Waals surface area contributed by atoms with Gasteiger partial charge in [-0.15, -0.1) is 10.2 Å². The monoisotopic (exact) mass is 379 g/mol. The van der Waals surface area contributed by atoms with E-state index in [0.29, 0.717) is 34.5 Å². The van der Waals surface area contributed by atoms with Crippen molar-refractivity contribution in [1.82, 2.24) is 10.2 Å². The summed E-state index contributed by atoms with van der Waals surface area (Å²) in [5, 5.41) is 10.7. The molecule has 0 saturated carbocycles. The zero-order valence-electron chi connectivity index (χ0n) is 16.0. The number of nitrogens with zero attached hydrogens (tertiary/aromatic N) is 2. The van der Waals surface area contributed by atoms with Gasteiger partial charge in [0.15, 0.2) is 18.1 Å². The van der Waals surface area contributed by atoms with Gasteiger partial charge in [0.05, 0.1) is 11.3 Å². The molecule has 144 valence electrons. The van der Waals surface area contributed by atoms with E-state index in [9.17, 15) is 4.79 Å². The number of carbonyl (C=O) groups is 1. The smallest absolute Gasteiger partial charge is 0.262 e. The average Bonchev–Trinajstić information content (AvgIpc) is 3.22. The molecule has 0 radical (unpaired) electrons. The van der Waals surface area contributed by atoms with E-state index in [-0.39, 0.29) is 18.1 Å². The predicted molar refractivity (Wildman–Crippen MR) is 103 cm³/mol. The number of ether oxygens (including phenoxy) is 2. The van der Waals surface area contributed by atoms with E-state index >= 15 is 0 Å². The number of rotatable bonds is 5. The van der Waals surface area contributed by atoms with Crippen molar-refractivity contribution >= 4 is 11.6 Å². The quantitative estimate of drug-likeness (QED) is 0.726. The maximum absolute atomic E-state index is 12.5. The molecule has 3 aromatic rings. The lowest BCUT2D eigenvalue weighted by Gasteiger charge is -2.18. The third-order valence-corrected chi connectivity index (χ3v) is 4.37. The SMILES string of the molecule is Cc1nnc(-c2ccccc2NC(=O)COc2cccc3c2OC(C)(C)C3)o1. The molecule has 4 rings (SSSR count). The number of benzene rings is 2. The molecule has 28 heavy (non-hydrogen) atoms. The first-order valence-electron chi connectivity index (χ1n) is 9.04. The van der Waals surface area contributed by atoms with E-state index in [1.165, 1.54) is 0 Å². The molecule has 1 aliphatic rings. The number of para-hydroxylation sites is 2. The van der Waals surface area contributed by atoms with Gasteiger partial charge in [-0.1, -0.05) is 24.3 Å². The van der Waals surface area contributed by atoms with E-state index in [0.717, 1.165) is 12.0 Å². The summed E-state index contributed by atoms with van der Waals surface area (Å²) in [4.78, 5) is 12.5. The van der Waals surface area contributed by atoms with Gasteiger partial charge in [-0.3, -0.25) is 4.79 Å². The van der Waals surface area contributed by atoms with Crippen LogP contribution < -0.4 is 14.8 Å². The minimum absolute atomic E-state index is 0.141. The van der Waals surface area contributed by atoms with Crippen molar-refractivity contribution in [3.05, 3.63) is 53.9 Å². The Labute approximate surface area is 162 Å². The van der Waals surface area contributed by atoms with Gasteiger partial charge in [-0.05, 0) is 32.0 Å². The summed E-state index contributed by atoms with van der Waals surface area (Å²) in [5.41, 5.74) is 2.04. The van der Waals surface area contributed by atoms with Crippen LogP contribution >= 0.6 is 0 Å². The second-order valence-corrected chi connectivity index (χ2v) is 7.29. The number of anilines is 1. The van der Waals surface area contributed by atoms with Crippen molar-refractivity contribution in [2.45, 2.75) is 32.8 Å². The minimum atomic E-state index is -0.293. The number of fused-ring (bicyclic) bond motifs is 1. The fourth-order valence-electron chi connectivity index (χ4n) is 3.21. The largest absolute Gasteiger partial charge is 0.483 e. The molecule has 0 spiro atoms. The lowest BCUT2D eigenvalue weighted by Crippen LogP contribution is -2.25. The number of aromatic nitrogens is 2. The molecule has 1 N–H and O–H groups in total. The van der Waals surface area contributed by atoms with Crippen LogP contribution in [0.25, 0.3) is 11.5 Å². The van der Waals surface area contributed by atoms with Gasteiger partial charge in [0.25, 0.3) is 5.91 Å². The zero-order valence-corrected chi connectivity index (χ0v) is 16.0. The summed E-state index contributed by atoms with van der Waals surface area (Å²) >= 11 is 0. The molecule has 0 bridgehead atoms. The fraction of sp³-hybridized carbons (Fsp3) is 0.286. The van der Waals surface area contributed by atoms with Crippen LogP contribution in [0.4, 0.5) is 5.69 Å². The Morgan fingerprint density at radius 1 is 1.18 bits per heavy atom. The Hall–Kier alpha value is -3.35. The second kappa shape index (κ2) is 6.99. The number of amides is 1. The molecule has 0 unspecified atom stereocenters. The van der Waals surface area contributed by atoms with Gasteiger partial charge in [0, 0.05) is 18.9 Å². The highest BCUT2D eigenvalue weighted by molar-refractivity contribution is 5.95. The topological polar surface area (TPSA) is 86.5 Å². The maximum Gasteiger partial charge on any atom is 0.262 e. The first-order chi connectivity index (χ1) is 13.4. The lowest BCUT2D eigenvalue weighted by atomic mass is 10.0. The third-order valence-electron chi connectivity index (χ3n) is 4.37. The highest BCUT2D eigenvalue weighted by Crippen LogP contribution is 2.41. The Bertz CT molecular complexity index is 1030. The van der Waals surface area contributed by atoms with Crippen LogP contribution in [0.15, 0.2) is 46.9 Å². The van der Waals surface area contributed by atoms with Gasteiger partial charge in [-0.2, -0.15) is 0 Å². The molecular weight excluding hydrogens is 358 g/mol. The number of aryl methyl sites for hydroxylation is 1. The molecule has 7 heteroatoms. The van der Waals surface area contributed by atoms with E-state index in [2.05, 4.69) is 15.5 Å². The summed E-state index contributed by atoms with van der Waals surface area (Å²) in [6.07, 6.45) is 0.808. The zero-order chi connectivity index (χ0) is 19.7. The highest BCUT2D eigenvalue weighted by atomic mass is 16.5. The maximum atomic E-state index is 12.5. The van der Waals surface area contributed by atoms with E-state index in [4.69, 9.17) is 13.9 Å². The molecule has 2 heterocycles. The molecule has 0 atom stereocenters. The van der Waals surface area contributed by atoms with Crippen LogP contribution in [0.2, 0.25) is 0 Å². The van der Waals surface area contributed by atoms with Crippen LogP contribution in [0.3, 0.4) is 0 Å². The molecule has 1 aromatic heterocycles. The summed E-state index contributed by atoms with van der Waals surface area (Å²) in [5.74, 6) is 1.80. The Kier molecular flexibility index (Phi) is 4.50. The molecule has 0 fully saturated rings. The van der Waals surface area contributed by atoms with E-state index in [1.54, 1.807) is 13.0 Å². The van der Waals surface area contributed by atoms with Crippen molar-refractivity contribution in [3.8, 4) is 23.0 Å². The number of nitrogens with one attached hydrogen (secondary N) is 1. The van der Waals surface area contributed by atoms with Gasteiger partial charge >= 0.3 is 0 Å². The van der Waals surface area contributed by atoms with Crippen LogP contribution in [0.1, 0.15) is 25.3 Å². The van der Waals surface area contributed by atoms with Crippen LogP contribution in [0, 0.1) is 6.92 Å². The van der Waals surface area contributed by atoms with Crippen LogP contribution in [-0.2, 0) is 11.2 Å². The fourth-order valence-corrected chi connectivity index (χ4v) is 3.21. The Morgan fingerprint density at radius 3 is 2.79 bits per heavy atom. The van der Waals surface area contributed by atoms with Crippen molar-refractivity contribution < 1.29 is 18.7 Å². The van der Waals surface area contributed by atoms with E-state index in [1.807, 2.05) is 50.2 Å². The minimum Gasteiger partial charge on any atom is -0.483 e. The molecule has 1 amide bonds. The lowest BCUT2D eigenvalue weighted by molar-refractivity contribution is -0.118. The first-order valence-corrected chi connectivity index (χ1v) is 9.04. The normalized spacial score (nSPS) is 14.2. The molecule has 0 aliphatic carbocycles. The van der Waals surface area contributed by atoms with Gasteiger partial charge in [0.1, 0.15) is 5.60 Å². The van der Waals surface area contributed by atoms with Crippen molar-refractivity contribution in [2.24, 2.45) is 0 Å². The Morgan fingerprint density at radius 2 is 2.00 bits per heavy atom. The molecule has 0 saturated heterocycles. The third kappa shape index (κ3) is 3.69. The molecule has 7 nitrogen and oxygen atoms in total. The van der Waals surface area contributed by atoms with Gasteiger partial charge < -0.3 is 19.2 Å². The number of carbonyl (C=O) groups excluding carboxylic acids is 1. The highest BCUT2D eigenvalue weighted by Gasteiger charge is 2.32. The van der Waals surface area contributed by atoms with Crippen molar-refractivity contribution in [3.63, 3.8) is 0 Å². The molecule has 2 aromatic carbocycles. The number of hydrogen-bond acceptors (Lipinski definition) is 6.